The Labute approximate surface area is 203 Å². The average molecular weight is 566 g/mol. The summed E-state index contributed by atoms with van der Waals surface area (Å²) in [6.45, 7) is 0. The summed E-state index contributed by atoms with van der Waals surface area (Å²) in [6.07, 6.45) is -4.81. The number of hydrogen-bond donors (Lipinski definition) is 2. The number of nitrogens with one attached hydrogen (secondary N) is 2. The number of benzene rings is 1. The van der Waals surface area contributed by atoms with Crippen LogP contribution in [-0.4, -0.2) is 36.1 Å². The first-order valence-corrected chi connectivity index (χ1v) is 11.6. The van der Waals surface area contributed by atoms with Crippen LogP contribution in [0.3, 0.4) is 0 Å². The predicted molar refractivity (Wildman–Crippen MR) is 123 cm³/mol. The molecule has 13 heteroatoms. The van der Waals surface area contributed by atoms with Gasteiger partial charge >= 0.3 is 6.18 Å². The molecule has 0 bridgehead atoms. The van der Waals surface area contributed by atoms with Crippen LogP contribution in [0.2, 0.25) is 5.02 Å². The summed E-state index contributed by atoms with van der Waals surface area (Å²) in [5.41, 5.74) is 0.00737. The predicted octanol–water partition coefficient (Wildman–Crippen LogP) is 6.29. The van der Waals surface area contributed by atoms with Crippen molar-refractivity contribution < 1.29 is 27.4 Å². The number of methoxy groups -OCH3 is 2. The molecule has 0 unspecified atom stereocenters. The van der Waals surface area contributed by atoms with Crippen LogP contribution in [0, 0.1) is 0 Å². The van der Waals surface area contributed by atoms with Crippen molar-refractivity contribution in [2.75, 3.05) is 24.9 Å². The maximum absolute atomic E-state index is 13.9. The lowest BCUT2D eigenvalue weighted by Gasteiger charge is -2.33. The van der Waals surface area contributed by atoms with E-state index in [1.165, 1.54) is 37.7 Å². The van der Waals surface area contributed by atoms with E-state index in [-0.39, 0.29) is 44.6 Å². The lowest BCUT2D eigenvalue weighted by atomic mass is 10.0. The third kappa shape index (κ3) is 4.51. The number of rotatable bonds is 5. The van der Waals surface area contributed by atoms with Crippen molar-refractivity contribution in [3.05, 3.63) is 49.7 Å². The number of alkyl halides is 3. The first-order chi connectivity index (χ1) is 15.6. The average Bonchev–Trinajstić information content (AvgIpc) is 3.42. The Balaban J connectivity index is 1.71. The van der Waals surface area contributed by atoms with E-state index in [1.807, 2.05) is 0 Å². The molecule has 0 fully saturated rings. The summed E-state index contributed by atoms with van der Waals surface area (Å²) >= 11 is 10.7. The molecular formula is C20H17BrClF3N4O3S. The number of ether oxygens (including phenoxy) is 2. The molecule has 33 heavy (non-hydrogen) atoms. The molecule has 1 aliphatic rings. The molecule has 1 aliphatic heterocycles. The molecule has 176 valence electrons. The number of fused-ring (bicyclic) bond motifs is 1. The van der Waals surface area contributed by atoms with Gasteiger partial charge in [0.25, 0.3) is 5.91 Å². The number of carbonyl (C=O) groups excluding carboxylic acids is 1. The van der Waals surface area contributed by atoms with E-state index in [9.17, 15) is 18.0 Å². The molecule has 0 spiro atoms. The fourth-order valence-corrected chi connectivity index (χ4v) is 5.13. The van der Waals surface area contributed by atoms with Gasteiger partial charge in [-0.2, -0.15) is 18.3 Å². The van der Waals surface area contributed by atoms with E-state index >= 15 is 0 Å². The first kappa shape index (κ1) is 23.7. The van der Waals surface area contributed by atoms with Crippen LogP contribution in [0.25, 0.3) is 0 Å². The third-order valence-electron chi connectivity index (χ3n) is 5.12. The SMILES string of the molecule is COc1cc(NC(=O)c2nn3c(c2Br)N[C@H](c2cccs2)C[C@@H]3C(F)(F)F)c(OC)cc1Cl. The third-order valence-corrected chi connectivity index (χ3v) is 7.15. The Bertz CT molecular complexity index is 1190. The highest BCUT2D eigenvalue weighted by Crippen LogP contribution is 2.47. The zero-order chi connectivity index (χ0) is 23.9. The van der Waals surface area contributed by atoms with Gasteiger partial charge in [-0.1, -0.05) is 17.7 Å². The fourth-order valence-electron chi connectivity index (χ4n) is 3.55. The standard InChI is InChI=1S/C20H17BrClF3N4O3S/c1-31-12-7-10(13(32-2)6-9(12)22)27-19(30)17-16(21)18-26-11(14-4-3-5-33-14)8-15(20(23,24)25)29(18)28-17/h3-7,11,15,26H,8H2,1-2H3,(H,27,30)/t11-,15+/m0/s1. The molecule has 0 radical (unpaired) electrons. The maximum Gasteiger partial charge on any atom is 0.410 e. The van der Waals surface area contributed by atoms with Crippen molar-refractivity contribution in [3.8, 4) is 11.5 Å². The largest absolute Gasteiger partial charge is 0.495 e. The molecule has 3 heterocycles. The first-order valence-electron chi connectivity index (χ1n) is 9.51. The second-order valence-electron chi connectivity index (χ2n) is 7.10. The molecular weight excluding hydrogens is 549 g/mol. The topological polar surface area (TPSA) is 77.4 Å². The zero-order valence-electron chi connectivity index (χ0n) is 17.2. The van der Waals surface area contributed by atoms with Crippen LogP contribution in [0.15, 0.2) is 34.1 Å². The van der Waals surface area contributed by atoms with Gasteiger partial charge in [-0.05, 0) is 27.4 Å². The lowest BCUT2D eigenvalue weighted by Crippen LogP contribution is -2.35. The van der Waals surface area contributed by atoms with Crippen molar-refractivity contribution in [2.24, 2.45) is 0 Å². The van der Waals surface area contributed by atoms with Gasteiger partial charge in [0.2, 0.25) is 0 Å². The highest BCUT2D eigenvalue weighted by Gasteiger charge is 2.48. The summed E-state index contributed by atoms with van der Waals surface area (Å²) in [5.74, 6) is -0.124. The highest BCUT2D eigenvalue weighted by molar-refractivity contribution is 9.10. The zero-order valence-corrected chi connectivity index (χ0v) is 20.3. The molecule has 2 atom stereocenters. The number of hydrogen-bond acceptors (Lipinski definition) is 6. The number of nitrogens with zero attached hydrogens (tertiary/aromatic N) is 2. The smallest absolute Gasteiger partial charge is 0.410 e. The Morgan fingerprint density at radius 2 is 2.06 bits per heavy atom. The number of thiophene rings is 1. The van der Waals surface area contributed by atoms with Gasteiger partial charge in [0.05, 0.1) is 35.4 Å². The quantitative estimate of drug-likeness (QED) is 0.380. The fraction of sp³-hybridized carbons (Fsp3) is 0.300. The molecule has 2 N–H and O–H groups in total. The molecule has 0 aliphatic carbocycles. The van der Waals surface area contributed by atoms with E-state index in [0.29, 0.717) is 0 Å². The molecule has 4 rings (SSSR count). The van der Waals surface area contributed by atoms with Gasteiger partial charge in [0, 0.05) is 23.4 Å². The van der Waals surface area contributed by atoms with E-state index in [4.69, 9.17) is 21.1 Å². The Kier molecular flexibility index (Phi) is 6.52. The molecule has 7 nitrogen and oxygen atoms in total. The van der Waals surface area contributed by atoms with Gasteiger partial charge in [-0.25, -0.2) is 4.68 Å². The van der Waals surface area contributed by atoms with E-state index in [0.717, 1.165) is 9.56 Å². The molecule has 0 saturated heterocycles. The van der Waals surface area contributed by atoms with Gasteiger partial charge < -0.3 is 20.1 Å². The van der Waals surface area contributed by atoms with E-state index < -0.39 is 24.2 Å². The van der Waals surface area contributed by atoms with Crippen LogP contribution in [0.5, 0.6) is 11.5 Å². The molecule has 1 aromatic carbocycles. The van der Waals surface area contributed by atoms with Crippen LogP contribution >= 0.6 is 38.9 Å². The minimum absolute atomic E-state index is 0.0766. The summed E-state index contributed by atoms with van der Waals surface area (Å²) in [4.78, 5) is 13.8. The van der Waals surface area contributed by atoms with Crippen LogP contribution in [0.4, 0.5) is 24.7 Å². The molecule has 0 saturated carbocycles. The summed E-state index contributed by atoms with van der Waals surface area (Å²) in [5, 5.41) is 11.8. The molecule has 1 amide bonds. The summed E-state index contributed by atoms with van der Waals surface area (Å²) in [6, 6.07) is 3.97. The Morgan fingerprint density at radius 3 is 2.67 bits per heavy atom. The lowest BCUT2D eigenvalue weighted by molar-refractivity contribution is -0.173. The van der Waals surface area contributed by atoms with E-state index in [1.54, 1.807) is 17.5 Å². The Morgan fingerprint density at radius 1 is 1.33 bits per heavy atom. The van der Waals surface area contributed by atoms with Crippen molar-refractivity contribution in [3.63, 3.8) is 0 Å². The van der Waals surface area contributed by atoms with Gasteiger partial charge in [-0.15, -0.1) is 11.3 Å². The number of halogens is 5. The van der Waals surface area contributed by atoms with Crippen molar-refractivity contribution >= 4 is 56.3 Å². The molecule has 2 aromatic heterocycles. The van der Waals surface area contributed by atoms with Gasteiger partial charge in [0.15, 0.2) is 11.7 Å². The molecule has 3 aromatic rings. The minimum Gasteiger partial charge on any atom is -0.495 e. The van der Waals surface area contributed by atoms with Gasteiger partial charge in [0.1, 0.15) is 17.3 Å². The second-order valence-corrected chi connectivity index (χ2v) is 9.28. The van der Waals surface area contributed by atoms with Crippen LogP contribution in [-0.2, 0) is 0 Å². The number of carbonyl (C=O) groups is 1. The maximum atomic E-state index is 13.9. The number of anilines is 2. The normalized spacial score (nSPS) is 17.8. The highest BCUT2D eigenvalue weighted by atomic mass is 79.9. The summed E-state index contributed by atoms with van der Waals surface area (Å²) < 4.78 is 53.0. The Hall–Kier alpha value is -2.44. The van der Waals surface area contributed by atoms with Crippen molar-refractivity contribution in [1.29, 1.82) is 0 Å². The van der Waals surface area contributed by atoms with Gasteiger partial charge in [-0.3, -0.25) is 4.79 Å². The van der Waals surface area contributed by atoms with Crippen molar-refractivity contribution in [1.82, 2.24) is 9.78 Å². The van der Waals surface area contributed by atoms with Crippen LogP contribution in [0.1, 0.15) is 33.9 Å². The van der Waals surface area contributed by atoms with Crippen molar-refractivity contribution in [2.45, 2.75) is 24.7 Å². The van der Waals surface area contributed by atoms with E-state index in [2.05, 4.69) is 31.7 Å². The number of amides is 1. The van der Waals surface area contributed by atoms with Crippen LogP contribution < -0.4 is 20.1 Å². The number of aromatic nitrogens is 2. The monoisotopic (exact) mass is 564 g/mol. The minimum atomic E-state index is -4.56. The second kappa shape index (κ2) is 9.07. The summed E-state index contributed by atoms with van der Waals surface area (Å²) in [7, 11) is 2.80.